The predicted octanol–water partition coefficient (Wildman–Crippen LogP) is 3.69. The minimum absolute atomic E-state index is 0.0944. The number of aliphatic carboxylic acids is 1. The summed E-state index contributed by atoms with van der Waals surface area (Å²) in [4.78, 5) is 12.6. The van der Waals surface area contributed by atoms with E-state index >= 15 is 0 Å². The maximum absolute atomic E-state index is 10.6. The topological polar surface area (TPSA) is 37.3 Å². The number of hydrogen-bond donors (Lipinski definition) is 1. The van der Waals surface area contributed by atoms with Gasteiger partial charge < -0.3 is 5.11 Å². The Morgan fingerprint density at radius 1 is 1.53 bits per heavy atom. The van der Waals surface area contributed by atoms with Crippen molar-refractivity contribution in [3.8, 4) is 0 Å². The van der Waals surface area contributed by atoms with E-state index in [-0.39, 0.29) is 6.42 Å². The fourth-order valence-corrected chi connectivity index (χ4v) is 3.81. The van der Waals surface area contributed by atoms with Crippen LogP contribution in [-0.2, 0) is 11.2 Å². The van der Waals surface area contributed by atoms with Gasteiger partial charge in [0.2, 0.25) is 0 Å². The second-order valence-corrected chi connectivity index (χ2v) is 5.55. The van der Waals surface area contributed by atoms with E-state index in [0.29, 0.717) is 5.92 Å². The van der Waals surface area contributed by atoms with Crippen LogP contribution in [0.5, 0.6) is 0 Å². The zero-order valence-corrected chi connectivity index (χ0v) is 9.90. The molecule has 0 aliphatic heterocycles. The molecule has 0 unspecified atom stereocenters. The number of thiophene rings is 1. The smallest absolute Gasteiger partial charge is 0.308 e. The second kappa shape index (κ2) is 4.54. The zero-order valence-electron chi connectivity index (χ0n) is 8.33. The van der Waals surface area contributed by atoms with E-state index in [2.05, 4.69) is 0 Å². The Balaban J connectivity index is 2.17. The van der Waals surface area contributed by atoms with Gasteiger partial charge in [0.25, 0.3) is 0 Å². The summed E-state index contributed by atoms with van der Waals surface area (Å²) < 4.78 is 0. The van der Waals surface area contributed by atoms with Gasteiger partial charge in [-0.05, 0) is 24.8 Å². The van der Waals surface area contributed by atoms with Crippen LogP contribution in [0.4, 0.5) is 0 Å². The molecule has 82 valence electrons. The van der Waals surface area contributed by atoms with Gasteiger partial charge in [-0.3, -0.25) is 4.79 Å². The largest absolute Gasteiger partial charge is 0.481 e. The first kappa shape index (κ1) is 11.0. The number of carboxylic acid groups (broad SMARTS) is 1. The normalized spacial score (nSPS) is 17.1. The van der Waals surface area contributed by atoms with Gasteiger partial charge in [0.05, 0.1) is 11.4 Å². The van der Waals surface area contributed by atoms with Gasteiger partial charge in [0.15, 0.2) is 0 Å². The standard InChI is InChI=1S/C11H13ClO2S/c12-9-5-8(6-10(13)14)15-11(9)7-3-1-2-4-7/h5,7H,1-4,6H2,(H,13,14). The van der Waals surface area contributed by atoms with E-state index in [1.54, 1.807) is 11.3 Å². The van der Waals surface area contributed by atoms with Gasteiger partial charge in [-0.25, -0.2) is 0 Å². The highest BCUT2D eigenvalue weighted by Gasteiger charge is 2.22. The summed E-state index contributed by atoms with van der Waals surface area (Å²) in [5.41, 5.74) is 0. The van der Waals surface area contributed by atoms with Crippen molar-refractivity contribution in [3.63, 3.8) is 0 Å². The molecule has 1 fully saturated rings. The van der Waals surface area contributed by atoms with E-state index < -0.39 is 5.97 Å². The summed E-state index contributed by atoms with van der Waals surface area (Å²) >= 11 is 7.70. The van der Waals surface area contributed by atoms with Crippen molar-refractivity contribution < 1.29 is 9.90 Å². The molecule has 0 spiro atoms. The van der Waals surface area contributed by atoms with E-state index in [4.69, 9.17) is 16.7 Å². The van der Waals surface area contributed by atoms with Crippen LogP contribution in [0.25, 0.3) is 0 Å². The highest BCUT2D eigenvalue weighted by Crippen LogP contribution is 2.42. The van der Waals surface area contributed by atoms with Crippen molar-refractivity contribution in [2.45, 2.75) is 38.0 Å². The van der Waals surface area contributed by atoms with Crippen molar-refractivity contribution in [2.75, 3.05) is 0 Å². The Bertz CT molecular complexity index is 367. The first-order valence-corrected chi connectivity index (χ1v) is 6.36. The van der Waals surface area contributed by atoms with Gasteiger partial charge in [-0.1, -0.05) is 24.4 Å². The van der Waals surface area contributed by atoms with Crippen LogP contribution in [0.1, 0.15) is 41.4 Å². The average Bonchev–Trinajstić information content (AvgIpc) is 2.72. The molecule has 1 N–H and O–H groups in total. The number of rotatable bonds is 3. The molecule has 1 aliphatic rings. The molecule has 1 aromatic heterocycles. The molecular formula is C11H13ClO2S. The Labute approximate surface area is 97.9 Å². The molecule has 15 heavy (non-hydrogen) atoms. The lowest BCUT2D eigenvalue weighted by molar-refractivity contribution is -0.136. The molecule has 0 aromatic carbocycles. The monoisotopic (exact) mass is 244 g/mol. The SMILES string of the molecule is O=C(O)Cc1cc(Cl)c(C2CCCC2)s1. The van der Waals surface area contributed by atoms with Crippen LogP contribution < -0.4 is 0 Å². The van der Waals surface area contributed by atoms with Crippen LogP contribution in [-0.4, -0.2) is 11.1 Å². The second-order valence-electron chi connectivity index (χ2n) is 3.98. The maximum atomic E-state index is 10.6. The van der Waals surface area contributed by atoms with Crippen LogP contribution in [0, 0.1) is 0 Å². The Morgan fingerprint density at radius 3 is 2.80 bits per heavy atom. The molecule has 2 nitrogen and oxygen atoms in total. The minimum Gasteiger partial charge on any atom is -0.481 e. The maximum Gasteiger partial charge on any atom is 0.308 e. The van der Waals surface area contributed by atoms with Gasteiger partial charge in [0, 0.05) is 9.75 Å². The highest BCUT2D eigenvalue weighted by atomic mass is 35.5. The molecule has 2 rings (SSSR count). The molecule has 1 aromatic rings. The average molecular weight is 245 g/mol. The van der Waals surface area contributed by atoms with Crippen molar-refractivity contribution >= 4 is 28.9 Å². The third-order valence-electron chi connectivity index (χ3n) is 2.82. The molecule has 4 heteroatoms. The molecule has 1 heterocycles. The lowest BCUT2D eigenvalue weighted by atomic mass is 10.1. The quantitative estimate of drug-likeness (QED) is 0.881. The predicted molar refractivity (Wildman–Crippen MR) is 61.9 cm³/mol. The Morgan fingerprint density at radius 2 is 2.20 bits per heavy atom. The van der Waals surface area contributed by atoms with Crippen LogP contribution in [0.3, 0.4) is 0 Å². The Kier molecular flexibility index (Phi) is 3.32. The van der Waals surface area contributed by atoms with Crippen LogP contribution in [0.2, 0.25) is 5.02 Å². The van der Waals surface area contributed by atoms with E-state index in [1.807, 2.05) is 6.07 Å². The number of carboxylic acids is 1. The van der Waals surface area contributed by atoms with Gasteiger partial charge in [-0.15, -0.1) is 11.3 Å². The molecule has 0 bridgehead atoms. The number of halogens is 1. The van der Waals surface area contributed by atoms with Crippen LogP contribution >= 0.6 is 22.9 Å². The number of hydrogen-bond acceptors (Lipinski definition) is 2. The summed E-state index contributed by atoms with van der Waals surface area (Å²) in [5.74, 6) is -0.212. The molecule has 0 amide bonds. The summed E-state index contributed by atoms with van der Waals surface area (Å²) in [6.45, 7) is 0. The molecule has 0 atom stereocenters. The van der Waals surface area contributed by atoms with E-state index in [9.17, 15) is 4.79 Å². The van der Waals surface area contributed by atoms with Gasteiger partial charge in [-0.2, -0.15) is 0 Å². The fraction of sp³-hybridized carbons (Fsp3) is 0.545. The van der Waals surface area contributed by atoms with Gasteiger partial charge >= 0.3 is 5.97 Å². The first-order chi connectivity index (χ1) is 7.16. The molecule has 0 saturated heterocycles. The summed E-state index contributed by atoms with van der Waals surface area (Å²) in [7, 11) is 0. The van der Waals surface area contributed by atoms with Crippen LogP contribution in [0.15, 0.2) is 6.07 Å². The zero-order chi connectivity index (χ0) is 10.8. The summed E-state index contributed by atoms with van der Waals surface area (Å²) in [5, 5.41) is 9.46. The summed E-state index contributed by atoms with van der Waals surface area (Å²) in [6.07, 6.45) is 5.04. The van der Waals surface area contributed by atoms with Crippen molar-refractivity contribution in [1.82, 2.24) is 0 Å². The van der Waals surface area contributed by atoms with E-state index in [1.165, 1.54) is 30.6 Å². The van der Waals surface area contributed by atoms with Crippen molar-refractivity contribution in [3.05, 3.63) is 20.8 Å². The van der Waals surface area contributed by atoms with Crippen molar-refractivity contribution in [2.24, 2.45) is 0 Å². The molecular weight excluding hydrogens is 232 g/mol. The fourth-order valence-electron chi connectivity index (χ4n) is 2.13. The number of carbonyl (C=O) groups is 1. The Hall–Kier alpha value is -0.540. The van der Waals surface area contributed by atoms with Crippen molar-refractivity contribution in [1.29, 1.82) is 0 Å². The first-order valence-electron chi connectivity index (χ1n) is 5.16. The van der Waals surface area contributed by atoms with E-state index in [0.717, 1.165) is 9.90 Å². The third kappa shape index (κ3) is 2.52. The molecule has 0 radical (unpaired) electrons. The molecule has 1 aliphatic carbocycles. The molecule has 1 saturated carbocycles. The lowest BCUT2D eigenvalue weighted by Gasteiger charge is -2.05. The summed E-state index contributed by atoms with van der Waals surface area (Å²) in [6, 6.07) is 1.81. The minimum atomic E-state index is -0.786. The highest BCUT2D eigenvalue weighted by molar-refractivity contribution is 7.12. The van der Waals surface area contributed by atoms with Gasteiger partial charge in [0.1, 0.15) is 0 Å². The third-order valence-corrected chi connectivity index (χ3v) is 4.54. The lowest BCUT2D eigenvalue weighted by Crippen LogP contribution is -1.97.